The molecule has 118 valence electrons. The SMILES string of the molecule is CC(C)c1ccc(CN2C(=O)COc3ccc(C=O)cc32)cc1. The molecule has 3 rings (SSSR count). The van der Waals surface area contributed by atoms with Crippen LogP contribution in [0.25, 0.3) is 0 Å². The molecule has 0 aromatic heterocycles. The zero-order valence-corrected chi connectivity index (χ0v) is 13.3. The molecule has 2 aromatic carbocycles. The van der Waals surface area contributed by atoms with Crippen molar-refractivity contribution in [2.24, 2.45) is 0 Å². The molecule has 1 aliphatic heterocycles. The molecule has 0 fully saturated rings. The van der Waals surface area contributed by atoms with Crippen LogP contribution in [0.1, 0.15) is 41.3 Å². The first kappa shape index (κ1) is 15.3. The minimum atomic E-state index is -0.103. The van der Waals surface area contributed by atoms with E-state index >= 15 is 0 Å². The summed E-state index contributed by atoms with van der Waals surface area (Å²) in [7, 11) is 0. The van der Waals surface area contributed by atoms with Crippen molar-refractivity contribution in [3.05, 3.63) is 59.2 Å². The molecule has 23 heavy (non-hydrogen) atoms. The van der Waals surface area contributed by atoms with Gasteiger partial charge in [0.25, 0.3) is 5.91 Å². The van der Waals surface area contributed by atoms with Gasteiger partial charge in [0.1, 0.15) is 12.0 Å². The number of aldehydes is 1. The summed E-state index contributed by atoms with van der Waals surface area (Å²) in [5.41, 5.74) is 3.50. The molecule has 0 spiro atoms. The van der Waals surface area contributed by atoms with E-state index in [1.807, 2.05) is 12.1 Å². The van der Waals surface area contributed by atoms with E-state index in [0.29, 0.717) is 29.5 Å². The Morgan fingerprint density at radius 1 is 1.17 bits per heavy atom. The van der Waals surface area contributed by atoms with Gasteiger partial charge >= 0.3 is 0 Å². The number of hydrogen-bond acceptors (Lipinski definition) is 3. The molecule has 1 aliphatic rings. The number of carbonyl (C=O) groups excluding carboxylic acids is 2. The van der Waals surface area contributed by atoms with Gasteiger partial charge in [-0.2, -0.15) is 0 Å². The van der Waals surface area contributed by atoms with E-state index in [9.17, 15) is 9.59 Å². The average Bonchev–Trinajstić information content (AvgIpc) is 2.57. The topological polar surface area (TPSA) is 46.6 Å². The molecule has 4 heteroatoms. The number of nitrogens with zero attached hydrogens (tertiary/aromatic N) is 1. The predicted octanol–water partition coefficient (Wildman–Crippen LogP) is 3.55. The molecule has 0 saturated heterocycles. The zero-order chi connectivity index (χ0) is 16.4. The van der Waals surface area contributed by atoms with Crippen LogP contribution in [-0.4, -0.2) is 18.8 Å². The predicted molar refractivity (Wildman–Crippen MR) is 89.0 cm³/mol. The lowest BCUT2D eigenvalue weighted by Crippen LogP contribution is -2.38. The van der Waals surface area contributed by atoms with Gasteiger partial charge in [0.2, 0.25) is 0 Å². The largest absolute Gasteiger partial charge is 0.482 e. The molecule has 0 unspecified atom stereocenters. The van der Waals surface area contributed by atoms with Crippen molar-refractivity contribution in [1.82, 2.24) is 0 Å². The Balaban J connectivity index is 1.90. The third-order valence-electron chi connectivity index (χ3n) is 4.05. The minimum absolute atomic E-state index is 0.0253. The lowest BCUT2D eigenvalue weighted by molar-refractivity contribution is -0.121. The van der Waals surface area contributed by atoms with Crippen LogP contribution in [-0.2, 0) is 11.3 Å². The number of rotatable bonds is 4. The summed E-state index contributed by atoms with van der Waals surface area (Å²) in [4.78, 5) is 24.9. The molecule has 4 nitrogen and oxygen atoms in total. The van der Waals surface area contributed by atoms with E-state index in [1.54, 1.807) is 23.1 Å². The van der Waals surface area contributed by atoms with E-state index in [4.69, 9.17) is 4.74 Å². The number of hydrogen-bond donors (Lipinski definition) is 0. The molecule has 1 heterocycles. The van der Waals surface area contributed by atoms with E-state index < -0.39 is 0 Å². The molecule has 0 radical (unpaired) electrons. The lowest BCUT2D eigenvalue weighted by Gasteiger charge is -2.29. The van der Waals surface area contributed by atoms with Crippen molar-refractivity contribution in [3.63, 3.8) is 0 Å². The van der Waals surface area contributed by atoms with Gasteiger partial charge in [0.15, 0.2) is 6.61 Å². The first-order valence-corrected chi connectivity index (χ1v) is 7.69. The van der Waals surface area contributed by atoms with Crippen LogP contribution in [0.15, 0.2) is 42.5 Å². The fourth-order valence-corrected chi connectivity index (χ4v) is 2.66. The second kappa shape index (κ2) is 6.24. The number of carbonyl (C=O) groups is 2. The molecule has 0 N–H and O–H groups in total. The number of fused-ring (bicyclic) bond motifs is 1. The highest BCUT2D eigenvalue weighted by atomic mass is 16.5. The van der Waals surface area contributed by atoms with Gasteiger partial charge in [0.05, 0.1) is 12.2 Å². The van der Waals surface area contributed by atoms with Gasteiger partial charge in [-0.3, -0.25) is 9.59 Å². The average molecular weight is 309 g/mol. The summed E-state index contributed by atoms with van der Waals surface area (Å²) in [6.45, 7) is 4.79. The van der Waals surface area contributed by atoms with Crippen LogP contribution in [0.4, 0.5) is 5.69 Å². The zero-order valence-electron chi connectivity index (χ0n) is 13.3. The summed E-state index contributed by atoms with van der Waals surface area (Å²) >= 11 is 0. The molecule has 0 atom stereocenters. The molecule has 1 amide bonds. The van der Waals surface area contributed by atoms with Crippen molar-refractivity contribution in [2.45, 2.75) is 26.3 Å². The van der Waals surface area contributed by atoms with Gasteiger partial charge in [-0.15, -0.1) is 0 Å². The van der Waals surface area contributed by atoms with E-state index in [1.165, 1.54) is 5.56 Å². The second-order valence-corrected chi connectivity index (χ2v) is 6.01. The van der Waals surface area contributed by atoms with Gasteiger partial charge in [-0.05, 0) is 35.2 Å². The molecule has 0 saturated carbocycles. The Kier molecular flexibility index (Phi) is 4.15. The summed E-state index contributed by atoms with van der Waals surface area (Å²) in [5, 5.41) is 0. The van der Waals surface area contributed by atoms with Crippen LogP contribution in [0, 0.1) is 0 Å². The van der Waals surface area contributed by atoms with E-state index in [-0.39, 0.29) is 12.5 Å². The van der Waals surface area contributed by atoms with Crippen LogP contribution in [0.5, 0.6) is 5.75 Å². The smallest absolute Gasteiger partial charge is 0.265 e. The van der Waals surface area contributed by atoms with Crippen molar-refractivity contribution >= 4 is 17.9 Å². The van der Waals surface area contributed by atoms with E-state index in [0.717, 1.165) is 11.8 Å². The fourth-order valence-electron chi connectivity index (χ4n) is 2.66. The molecular weight excluding hydrogens is 290 g/mol. The standard InChI is InChI=1S/C19H19NO3/c1-13(2)16-6-3-14(4-7-16)10-20-17-9-15(11-21)5-8-18(17)23-12-19(20)22/h3-9,11,13H,10,12H2,1-2H3. The quantitative estimate of drug-likeness (QED) is 0.811. The molecule has 0 aliphatic carbocycles. The van der Waals surface area contributed by atoms with Crippen molar-refractivity contribution in [2.75, 3.05) is 11.5 Å². The summed E-state index contributed by atoms with van der Waals surface area (Å²) < 4.78 is 5.45. The highest BCUT2D eigenvalue weighted by Crippen LogP contribution is 2.33. The molecular formula is C19H19NO3. The Morgan fingerprint density at radius 2 is 1.91 bits per heavy atom. The highest BCUT2D eigenvalue weighted by Gasteiger charge is 2.25. The lowest BCUT2D eigenvalue weighted by atomic mass is 10.0. The van der Waals surface area contributed by atoms with Crippen molar-refractivity contribution in [3.8, 4) is 5.75 Å². The number of benzene rings is 2. The van der Waals surface area contributed by atoms with Gasteiger partial charge in [0, 0.05) is 5.56 Å². The van der Waals surface area contributed by atoms with Crippen LogP contribution in [0.2, 0.25) is 0 Å². The molecule has 0 bridgehead atoms. The normalized spacial score (nSPS) is 13.7. The maximum atomic E-state index is 12.2. The van der Waals surface area contributed by atoms with Gasteiger partial charge < -0.3 is 9.64 Å². The number of ether oxygens (including phenoxy) is 1. The summed E-state index contributed by atoms with van der Waals surface area (Å²) in [5.74, 6) is 1.01. The van der Waals surface area contributed by atoms with Crippen molar-refractivity contribution < 1.29 is 14.3 Å². The number of amides is 1. The third kappa shape index (κ3) is 3.11. The fraction of sp³-hybridized carbons (Fsp3) is 0.263. The summed E-state index contributed by atoms with van der Waals surface area (Å²) in [6.07, 6.45) is 0.773. The van der Waals surface area contributed by atoms with Crippen molar-refractivity contribution in [1.29, 1.82) is 0 Å². The van der Waals surface area contributed by atoms with Crippen LogP contribution in [0.3, 0.4) is 0 Å². The Morgan fingerprint density at radius 3 is 2.57 bits per heavy atom. The highest BCUT2D eigenvalue weighted by molar-refractivity contribution is 5.98. The van der Waals surface area contributed by atoms with Crippen LogP contribution < -0.4 is 9.64 Å². The maximum absolute atomic E-state index is 12.2. The molecule has 2 aromatic rings. The maximum Gasteiger partial charge on any atom is 0.265 e. The first-order chi connectivity index (χ1) is 11.1. The van der Waals surface area contributed by atoms with E-state index in [2.05, 4.69) is 26.0 Å². The monoisotopic (exact) mass is 309 g/mol. The minimum Gasteiger partial charge on any atom is -0.482 e. The Bertz CT molecular complexity index is 735. The van der Waals surface area contributed by atoms with Gasteiger partial charge in [-0.25, -0.2) is 0 Å². The number of anilines is 1. The Labute approximate surface area is 135 Å². The Hall–Kier alpha value is -2.62. The second-order valence-electron chi connectivity index (χ2n) is 6.01. The summed E-state index contributed by atoms with van der Waals surface area (Å²) in [6, 6.07) is 13.4. The van der Waals surface area contributed by atoms with Gasteiger partial charge in [-0.1, -0.05) is 38.1 Å². The third-order valence-corrected chi connectivity index (χ3v) is 4.05. The van der Waals surface area contributed by atoms with Crippen LogP contribution >= 0.6 is 0 Å². The first-order valence-electron chi connectivity index (χ1n) is 7.69.